The van der Waals surface area contributed by atoms with Crippen molar-refractivity contribution in [3.8, 4) is 0 Å². The highest BCUT2D eigenvalue weighted by Gasteiger charge is 2.20. The third kappa shape index (κ3) is 5.76. The fraction of sp³-hybridized carbons (Fsp3) is 0.350. The summed E-state index contributed by atoms with van der Waals surface area (Å²) in [5.74, 6) is 0.0556. The number of nitrogens with one attached hydrogen (secondary N) is 2. The highest BCUT2D eigenvalue weighted by atomic mass is 35.5. The molecule has 25 heavy (non-hydrogen) atoms. The average molecular weight is 358 g/mol. The second kappa shape index (κ2) is 8.88. The minimum atomic E-state index is 0.0556. The van der Waals surface area contributed by atoms with E-state index in [0.29, 0.717) is 6.54 Å². The molecule has 1 amide bonds. The molecular weight excluding hydrogens is 334 g/mol. The Morgan fingerprint density at radius 1 is 1.04 bits per heavy atom. The van der Waals surface area contributed by atoms with Gasteiger partial charge in [0.05, 0.1) is 6.54 Å². The Morgan fingerprint density at radius 2 is 1.72 bits per heavy atom. The number of rotatable bonds is 6. The van der Waals surface area contributed by atoms with Gasteiger partial charge in [-0.05, 0) is 42.7 Å². The zero-order chi connectivity index (χ0) is 17.5. The van der Waals surface area contributed by atoms with Gasteiger partial charge in [0.1, 0.15) is 0 Å². The van der Waals surface area contributed by atoms with E-state index in [1.54, 1.807) is 0 Å². The lowest BCUT2D eigenvalue weighted by molar-refractivity contribution is -0.120. The molecule has 1 saturated heterocycles. The second-order valence-corrected chi connectivity index (χ2v) is 6.90. The minimum Gasteiger partial charge on any atom is -0.376 e. The highest BCUT2D eigenvalue weighted by Crippen LogP contribution is 2.16. The lowest BCUT2D eigenvalue weighted by Gasteiger charge is -2.32. The fourth-order valence-electron chi connectivity index (χ4n) is 3.10. The maximum atomic E-state index is 12.1. The van der Waals surface area contributed by atoms with E-state index in [4.69, 9.17) is 11.6 Å². The average Bonchev–Trinajstić information content (AvgIpc) is 2.64. The summed E-state index contributed by atoms with van der Waals surface area (Å²) in [4.78, 5) is 14.5. The van der Waals surface area contributed by atoms with Gasteiger partial charge in [0.25, 0.3) is 0 Å². The molecule has 0 bridgehead atoms. The maximum absolute atomic E-state index is 12.1. The zero-order valence-corrected chi connectivity index (χ0v) is 15.0. The van der Waals surface area contributed by atoms with E-state index in [-0.39, 0.29) is 11.9 Å². The Bertz CT molecular complexity index is 667. The van der Waals surface area contributed by atoms with Crippen LogP contribution < -0.4 is 10.6 Å². The molecule has 4 nitrogen and oxygen atoms in total. The van der Waals surface area contributed by atoms with Crippen molar-refractivity contribution in [3.05, 3.63) is 65.2 Å². The third-order valence-corrected chi connectivity index (χ3v) is 4.75. The second-order valence-electron chi connectivity index (χ2n) is 6.46. The number of hydrogen-bond donors (Lipinski definition) is 2. The molecule has 1 fully saturated rings. The van der Waals surface area contributed by atoms with Gasteiger partial charge in [-0.1, -0.05) is 41.9 Å². The van der Waals surface area contributed by atoms with Gasteiger partial charge in [-0.15, -0.1) is 0 Å². The molecule has 0 atom stereocenters. The van der Waals surface area contributed by atoms with Gasteiger partial charge in [-0.3, -0.25) is 9.69 Å². The molecule has 2 N–H and O–H groups in total. The summed E-state index contributed by atoms with van der Waals surface area (Å²) >= 11 is 5.93. The number of hydrogen-bond acceptors (Lipinski definition) is 3. The van der Waals surface area contributed by atoms with E-state index in [9.17, 15) is 4.79 Å². The van der Waals surface area contributed by atoms with Crippen LogP contribution in [0.25, 0.3) is 0 Å². The van der Waals surface area contributed by atoms with Crippen LogP contribution in [0.15, 0.2) is 54.6 Å². The number of benzene rings is 2. The Hall–Kier alpha value is -2.04. The molecule has 2 aromatic carbocycles. The number of likely N-dealkylation sites (tertiary alicyclic amines) is 1. The molecule has 132 valence electrons. The maximum Gasteiger partial charge on any atom is 0.239 e. The van der Waals surface area contributed by atoms with E-state index in [1.165, 1.54) is 5.56 Å². The predicted octanol–water partition coefficient (Wildman–Crippen LogP) is 3.53. The van der Waals surface area contributed by atoms with E-state index in [2.05, 4.69) is 27.7 Å². The molecule has 0 saturated carbocycles. The smallest absolute Gasteiger partial charge is 0.239 e. The SMILES string of the molecule is O=C(CNc1ccccc1)NC1CCN(Cc2ccc(Cl)cc2)CC1. The molecule has 0 unspecified atom stereocenters. The Labute approximate surface area is 154 Å². The summed E-state index contributed by atoms with van der Waals surface area (Å²) in [6.07, 6.45) is 1.98. The van der Waals surface area contributed by atoms with Gasteiger partial charge >= 0.3 is 0 Å². The van der Waals surface area contributed by atoms with Gasteiger partial charge in [0, 0.05) is 36.4 Å². The molecule has 2 aromatic rings. The summed E-state index contributed by atoms with van der Waals surface area (Å²) in [7, 11) is 0. The van der Waals surface area contributed by atoms with Gasteiger partial charge in [-0.2, -0.15) is 0 Å². The molecule has 0 spiro atoms. The number of anilines is 1. The van der Waals surface area contributed by atoms with Crippen molar-refractivity contribution in [1.82, 2.24) is 10.2 Å². The monoisotopic (exact) mass is 357 g/mol. The van der Waals surface area contributed by atoms with Crippen molar-refractivity contribution in [2.24, 2.45) is 0 Å². The first kappa shape index (κ1) is 17.8. The van der Waals surface area contributed by atoms with Crippen LogP contribution in [0.1, 0.15) is 18.4 Å². The van der Waals surface area contributed by atoms with E-state index in [0.717, 1.165) is 43.2 Å². The van der Waals surface area contributed by atoms with Crippen LogP contribution in [0.4, 0.5) is 5.69 Å². The zero-order valence-electron chi connectivity index (χ0n) is 14.2. The van der Waals surface area contributed by atoms with Crippen LogP contribution >= 0.6 is 11.6 Å². The third-order valence-electron chi connectivity index (χ3n) is 4.50. The fourth-order valence-corrected chi connectivity index (χ4v) is 3.23. The van der Waals surface area contributed by atoms with Crippen molar-refractivity contribution >= 4 is 23.2 Å². The standard InChI is InChI=1S/C20H24ClN3O/c21-17-8-6-16(7-9-17)15-24-12-10-19(11-13-24)23-20(25)14-22-18-4-2-1-3-5-18/h1-9,19,22H,10-15H2,(H,23,25). The summed E-state index contributed by atoms with van der Waals surface area (Å²) < 4.78 is 0. The summed E-state index contributed by atoms with van der Waals surface area (Å²) in [6, 6.07) is 18.1. The van der Waals surface area contributed by atoms with Crippen molar-refractivity contribution in [3.63, 3.8) is 0 Å². The molecule has 3 rings (SSSR count). The molecule has 0 aromatic heterocycles. The van der Waals surface area contributed by atoms with Crippen LogP contribution in [-0.2, 0) is 11.3 Å². The van der Waals surface area contributed by atoms with Crippen LogP contribution in [0.5, 0.6) is 0 Å². The van der Waals surface area contributed by atoms with Crippen LogP contribution in [0, 0.1) is 0 Å². The number of carbonyl (C=O) groups is 1. The molecule has 0 aliphatic carbocycles. The van der Waals surface area contributed by atoms with Crippen molar-refractivity contribution < 1.29 is 4.79 Å². The topological polar surface area (TPSA) is 44.4 Å². The van der Waals surface area contributed by atoms with E-state index >= 15 is 0 Å². The molecule has 5 heteroatoms. The largest absolute Gasteiger partial charge is 0.376 e. The Morgan fingerprint density at radius 3 is 2.40 bits per heavy atom. The first-order valence-corrected chi connectivity index (χ1v) is 9.12. The summed E-state index contributed by atoms with van der Waals surface area (Å²) in [5, 5.41) is 7.05. The number of halogens is 1. The van der Waals surface area contributed by atoms with Crippen molar-refractivity contribution in [2.75, 3.05) is 25.0 Å². The van der Waals surface area contributed by atoms with E-state index in [1.807, 2.05) is 42.5 Å². The number of amides is 1. The Kier molecular flexibility index (Phi) is 6.31. The predicted molar refractivity (Wildman–Crippen MR) is 103 cm³/mol. The number of nitrogens with zero attached hydrogens (tertiary/aromatic N) is 1. The quantitative estimate of drug-likeness (QED) is 0.831. The molecule has 1 aliphatic rings. The molecule has 1 aliphatic heterocycles. The lowest BCUT2D eigenvalue weighted by atomic mass is 10.0. The van der Waals surface area contributed by atoms with Gasteiger partial charge in [-0.25, -0.2) is 0 Å². The van der Waals surface area contributed by atoms with Crippen LogP contribution in [-0.4, -0.2) is 36.5 Å². The summed E-state index contributed by atoms with van der Waals surface area (Å²) in [6.45, 7) is 3.25. The first-order valence-electron chi connectivity index (χ1n) is 8.74. The van der Waals surface area contributed by atoms with Gasteiger partial charge in [0.15, 0.2) is 0 Å². The number of piperidine rings is 1. The first-order chi connectivity index (χ1) is 12.2. The van der Waals surface area contributed by atoms with Crippen molar-refractivity contribution in [2.45, 2.75) is 25.4 Å². The van der Waals surface area contributed by atoms with Gasteiger partial charge < -0.3 is 10.6 Å². The normalized spacial score (nSPS) is 15.7. The van der Waals surface area contributed by atoms with E-state index < -0.39 is 0 Å². The van der Waals surface area contributed by atoms with Crippen LogP contribution in [0.2, 0.25) is 5.02 Å². The number of carbonyl (C=O) groups excluding carboxylic acids is 1. The number of para-hydroxylation sites is 1. The molecule has 0 radical (unpaired) electrons. The Balaban J connectivity index is 1.37. The molecule has 1 heterocycles. The molecular formula is C20H24ClN3O. The minimum absolute atomic E-state index is 0.0556. The van der Waals surface area contributed by atoms with Gasteiger partial charge in [0.2, 0.25) is 5.91 Å². The summed E-state index contributed by atoms with van der Waals surface area (Å²) in [5.41, 5.74) is 2.24. The highest BCUT2D eigenvalue weighted by molar-refractivity contribution is 6.30. The van der Waals surface area contributed by atoms with Crippen LogP contribution in [0.3, 0.4) is 0 Å². The lowest BCUT2D eigenvalue weighted by Crippen LogP contribution is -2.45. The van der Waals surface area contributed by atoms with Crippen molar-refractivity contribution in [1.29, 1.82) is 0 Å².